The Morgan fingerprint density at radius 3 is 2.81 bits per heavy atom. The number of pyridine rings is 1. The topological polar surface area (TPSA) is 53.0 Å². The van der Waals surface area contributed by atoms with E-state index in [-0.39, 0.29) is 0 Å². The second-order valence-corrected chi connectivity index (χ2v) is 4.78. The van der Waals surface area contributed by atoms with Gasteiger partial charge in [-0.25, -0.2) is 4.98 Å². The van der Waals surface area contributed by atoms with Gasteiger partial charge >= 0.3 is 0 Å². The molecule has 0 saturated carbocycles. The molecule has 0 radical (unpaired) electrons. The molecule has 0 aliphatic rings. The van der Waals surface area contributed by atoms with Crippen LogP contribution in [0.25, 0.3) is 10.9 Å². The van der Waals surface area contributed by atoms with Gasteiger partial charge in [-0.2, -0.15) is 0 Å². The molecule has 2 rings (SSSR count). The predicted molar refractivity (Wildman–Crippen MR) is 62.1 cm³/mol. The highest BCUT2D eigenvalue weighted by Gasteiger charge is 2.06. The van der Waals surface area contributed by atoms with E-state index in [0.717, 1.165) is 10.9 Å². The zero-order valence-corrected chi connectivity index (χ0v) is 9.53. The number of carboxylic acid groups (broad SMARTS) is 1. The Kier molecular flexibility index (Phi) is 3.10. The largest absolute Gasteiger partial charge is 0.549 e. The van der Waals surface area contributed by atoms with Gasteiger partial charge in [0, 0.05) is 10.6 Å². The lowest BCUT2D eigenvalue weighted by Crippen LogP contribution is -2.31. The number of aromatic nitrogens is 1. The maximum atomic E-state index is 10.6. The molecule has 1 aromatic heterocycles. The maximum Gasteiger partial charge on any atom is 0.0973 e. The van der Waals surface area contributed by atoms with E-state index >= 15 is 0 Å². The molecule has 16 heavy (non-hydrogen) atoms. The van der Waals surface area contributed by atoms with Crippen molar-refractivity contribution in [3.05, 3.63) is 36.4 Å². The highest BCUT2D eigenvalue weighted by Crippen LogP contribution is 2.23. The van der Waals surface area contributed by atoms with Gasteiger partial charge in [0.05, 0.1) is 16.5 Å². The molecule has 3 nitrogen and oxygen atoms in total. The van der Waals surface area contributed by atoms with Gasteiger partial charge < -0.3 is 9.90 Å². The van der Waals surface area contributed by atoms with Gasteiger partial charge in [-0.05, 0) is 19.1 Å². The number of hydrogen-bond donors (Lipinski definition) is 0. The zero-order chi connectivity index (χ0) is 11.5. The van der Waals surface area contributed by atoms with Crippen LogP contribution in [-0.2, 0) is 4.79 Å². The third kappa shape index (κ3) is 2.33. The average molecular weight is 232 g/mol. The Labute approximate surface area is 97.5 Å². The van der Waals surface area contributed by atoms with Crippen molar-refractivity contribution in [1.29, 1.82) is 0 Å². The van der Waals surface area contributed by atoms with Crippen molar-refractivity contribution in [1.82, 2.24) is 4.98 Å². The van der Waals surface area contributed by atoms with Crippen LogP contribution in [-0.4, -0.2) is 16.2 Å². The summed E-state index contributed by atoms with van der Waals surface area (Å²) in [6.07, 6.45) is 0. The maximum absolute atomic E-state index is 10.6. The third-order valence-electron chi connectivity index (χ3n) is 2.20. The number of thioether (sulfide) groups is 1. The van der Waals surface area contributed by atoms with Crippen molar-refractivity contribution < 1.29 is 9.90 Å². The van der Waals surface area contributed by atoms with Gasteiger partial charge in [0.15, 0.2) is 0 Å². The molecule has 0 saturated heterocycles. The molecule has 0 amide bonds. The van der Waals surface area contributed by atoms with Crippen LogP contribution in [0, 0.1) is 0 Å². The molecule has 4 heteroatoms. The number of nitrogens with zero attached hydrogens (tertiary/aromatic N) is 1. The summed E-state index contributed by atoms with van der Waals surface area (Å²) in [7, 11) is 0. The average Bonchev–Trinajstić information content (AvgIpc) is 2.28. The monoisotopic (exact) mass is 232 g/mol. The molecule has 0 aliphatic heterocycles. The lowest BCUT2D eigenvalue weighted by molar-refractivity contribution is -0.304. The standard InChI is InChI=1S/C12H11NO2S/c1-8(12(14)15)16-11-7-6-9-4-2-3-5-10(9)13-11/h2-8H,1H3,(H,14,15)/p-1/t8-/m1/s1. The number of carbonyl (C=O) groups is 1. The van der Waals surface area contributed by atoms with E-state index in [1.807, 2.05) is 36.4 Å². The Morgan fingerprint density at radius 1 is 1.31 bits per heavy atom. The summed E-state index contributed by atoms with van der Waals surface area (Å²) >= 11 is 1.19. The summed E-state index contributed by atoms with van der Waals surface area (Å²) in [6.45, 7) is 1.59. The van der Waals surface area contributed by atoms with Gasteiger partial charge in [-0.15, -0.1) is 0 Å². The fourth-order valence-electron chi connectivity index (χ4n) is 1.34. The van der Waals surface area contributed by atoms with E-state index in [4.69, 9.17) is 0 Å². The molecule has 0 unspecified atom stereocenters. The van der Waals surface area contributed by atoms with Crippen LogP contribution in [0.15, 0.2) is 41.4 Å². The molecule has 1 aromatic carbocycles. The SMILES string of the molecule is C[C@@H](Sc1ccc2ccccc2n1)C(=O)[O-]. The van der Waals surface area contributed by atoms with Crippen LogP contribution in [0.2, 0.25) is 0 Å². The van der Waals surface area contributed by atoms with Gasteiger partial charge in [0.25, 0.3) is 0 Å². The zero-order valence-electron chi connectivity index (χ0n) is 8.71. The number of benzene rings is 1. The second kappa shape index (κ2) is 4.53. The Balaban J connectivity index is 2.29. The molecule has 0 fully saturated rings. The molecule has 0 spiro atoms. The summed E-state index contributed by atoms with van der Waals surface area (Å²) in [5.41, 5.74) is 0.873. The molecule has 82 valence electrons. The van der Waals surface area contributed by atoms with Crippen LogP contribution in [0.5, 0.6) is 0 Å². The normalized spacial score (nSPS) is 12.6. The van der Waals surface area contributed by atoms with Gasteiger partial charge in [-0.3, -0.25) is 0 Å². The first-order valence-corrected chi connectivity index (χ1v) is 5.78. The molecule has 1 atom stereocenters. The van der Waals surface area contributed by atoms with Crippen molar-refractivity contribution >= 4 is 28.6 Å². The van der Waals surface area contributed by atoms with E-state index < -0.39 is 11.2 Å². The summed E-state index contributed by atoms with van der Waals surface area (Å²) in [4.78, 5) is 15.0. The van der Waals surface area contributed by atoms with Crippen LogP contribution in [0.1, 0.15) is 6.92 Å². The number of rotatable bonds is 3. The fraction of sp³-hybridized carbons (Fsp3) is 0.167. The molecule has 1 heterocycles. The smallest absolute Gasteiger partial charge is 0.0973 e. The van der Waals surface area contributed by atoms with Crippen LogP contribution < -0.4 is 5.11 Å². The molecule has 0 bridgehead atoms. The molecule has 2 aromatic rings. The van der Waals surface area contributed by atoms with E-state index in [1.54, 1.807) is 6.92 Å². The van der Waals surface area contributed by atoms with E-state index in [2.05, 4.69) is 4.98 Å². The van der Waals surface area contributed by atoms with E-state index in [9.17, 15) is 9.90 Å². The number of para-hydroxylation sites is 1. The number of hydrogen-bond acceptors (Lipinski definition) is 4. The molecule has 0 aliphatic carbocycles. The number of fused-ring (bicyclic) bond motifs is 1. The van der Waals surface area contributed by atoms with Gasteiger partial charge in [0.1, 0.15) is 0 Å². The van der Waals surface area contributed by atoms with Crippen molar-refractivity contribution in [2.45, 2.75) is 17.2 Å². The third-order valence-corrected chi connectivity index (χ3v) is 3.22. The quantitative estimate of drug-likeness (QED) is 0.752. The fourth-order valence-corrected chi connectivity index (χ4v) is 2.10. The predicted octanol–water partition coefficient (Wildman–Crippen LogP) is 1.47. The minimum absolute atomic E-state index is 0.589. The van der Waals surface area contributed by atoms with Crippen LogP contribution in [0.3, 0.4) is 0 Å². The Hall–Kier alpha value is -1.55. The highest BCUT2D eigenvalue weighted by molar-refractivity contribution is 8.00. The minimum Gasteiger partial charge on any atom is -0.549 e. The number of aliphatic carboxylic acids is 1. The molecule has 0 N–H and O–H groups in total. The summed E-state index contributed by atoms with van der Waals surface area (Å²) < 4.78 is 0. The summed E-state index contributed by atoms with van der Waals surface area (Å²) in [6, 6.07) is 11.5. The highest BCUT2D eigenvalue weighted by atomic mass is 32.2. The lowest BCUT2D eigenvalue weighted by atomic mass is 10.2. The lowest BCUT2D eigenvalue weighted by Gasteiger charge is -2.11. The van der Waals surface area contributed by atoms with Crippen molar-refractivity contribution in [3.63, 3.8) is 0 Å². The second-order valence-electron chi connectivity index (χ2n) is 3.42. The first-order chi connectivity index (χ1) is 7.66. The van der Waals surface area contributed by atoms with Crippen molar-refractivity contribution in [2.24, 2.45) is 0 Å². The van der Waals surface area contributed by atoms with E-state index in [0.29, 0.717) is 5.03 Å². The molecular formula is C12H10NO2S-. The Morgan fingerprint density at radius 2 is 2.06 bits per heavy atom. The Bertz CT molecular complexity index is 527. The van der Waals surface area contributed by atoms with Gasteiger partial charge in [-0.1, -0.05) is 36.0 Å². The number of carbonyl (C=O) groups excluding carboxylic acids is 1. The first kappa shape index (κ1) is 11.0. The minimum atomic E-state index is -1.07. The van der Waals surface area contributed by atoms with Crippen LogP contribution >= 0.6 is 11.8 Å². The van der Waals surface area contributed by atoms with Crippen LogP contribution in [0.4, 0.5) is 0 Å². The number of carboxylic acids is 1. The van der Waals surface area contributed by atoms with E-state index in [1.165, 1.54) is 11.8 Å². The van der Waals surface area contributed by atoms with Gasteiger partial charge in [0.2, 0.25) is 0 Å². The summed E-state index contributed by atoms with van der Waals surface area (Å²) in [5, 5.41) is 11.8. The van der Waals surface area contributed by atoms with Crippen molar-refractivity contribution in [3.8, 4) is 0 Å². The molecular weight excluding hydrogens is 222 g/mol. The summed E-state index contributed by atoms with van der Waals surface area (Å²) in [5.74, 6) is -1.07. The first-order valence-electron chi connectivity index (χ1n) is 4.90. The van der Waals surface area contributed by atoms with Crippen molar-refractivity contribution in [2.75, 3.05) is 0 Å².